The maximum Gasteiger partial charge on any atom is 0.341 e. The molecule has 1 N–H and O–H groups in total. The number of carboxylic acid groups (broad SMARTS) is 1. The van der Waals surface area contributed by atoms with E-state index in [1.54, 1.807) is 0 Å². The number of benzene rings is 1. The fourth-order valence-electron chi connectivity index (χ4n) is 2.17. The molecule has 5 nitrogen and oxygen atoms in total. The fourth-order valence-corrected chi connectivity index (χ4v) is 3.76. The second-order valence-electron chi connectivity index (χ2n) is 4.50. The average molecular weight is 305 g/mol. The number of halogens is 2. The highest BCUT2D eigenvalue weighted by molar-refractivity contribution is 7.89. The van der Waals surface area contributed by atoms with Gasteiger partial charge in [-0.3, -0.25) is 0 Å². The lowest BCUT2D eigenvalue weighted by molar-refractivity contribution is 0.0685. The highest BCUT2D eigenvalue weighted by atomic mass is 32.2. The van der Waals surface area contributed by atoms with E-state index in [0.717, 1.165) is 16.8 Å². The number of piperidine rings is 1. The highest BCUT2D eigenvalue weighted by Gasteiger charge is 2.32. The van der Waals surface area contributed by atoms with Crippen molar-refractivity contribution in [3.05, 3.63) is 29.3 Å². The van der Waals surface area contributed by atoms with Gasteiger partial charge in [0.1, 0.15) is 16.3 Å². The second kappa shape index (κ2) is 5.45. The Labute approximate surface area is 114 Å². The van der Waals surface area contributed by atoms with E-state index in [2.05, 4.69) is 0 Å². The molecule has 20 heavy (non-hydrogen) atoms. The summed E-state index contributed by atoms with van der Waals surface area (Å²) in [5.41, 5.74) is -1.25. The van der Waals surface area contributed by atoms with E-state index in [1.807, 2.05) is 0 Å². The summed E-state index contributed by atoms with van der Waals surface area (Å²) in [5.74, 6) is -4.69. The molecule has 0 atom stereocenters. The lowest BCUT2D eigenvalue weighted by Crippen LogP contribution is -2.36. The van der Waals surface area contributed by atoms with Crippen LogP contribution in [0, 0.1) is 11.6 Å². The maximum atomic E-state index is 14.0. The Bertz CT molecular complexity index is 639. The molecule has 0 spiro atoms. The minimum atomic E-state index is -4.14. The summed E-state index contributed by atoms with van der Waals surface area (Å²) in [4.78, 5) is 10.0. The minimum absolute atomic E-state index is 0.252. The van der Waals surface area contributed by atoms with Crippen LogP contribution in [0.4, 0.5) is 8.78 Å². The Morgan fingerprint density at radius 1 is 1.15 bits per heavy atom. The van der Waals surface area contributed by atoms with Crippen molar-refractivity contribution >= 4 is 16.0 Å². The molecule has 1 fully saturated rings. The topological polar surface area (TPSA) is 74.7 Å². The zero-order valence-electron chi connectivity index (χ0n) is 10.5. The van der Waals surface area contributed by atoms with E-state index in [9.17, 15) is 22.0 Å². The highest BCUT2D eigenvalue weighted by Crippen LogP contribution is 2.26. The third-order valence-corrected chi connectivity index (χ3v) is 5.12. The molecule has 1 aliphatic rings. The first kappa shape index (κ1) is 14.9. The van der Waals surface area contributed by atoms with E-state index < -0.39 is 38.1 Å². The van der Waals surface area contributed by atoms with Crippen molar-refractivity contribution in [3.63, 3.8) is 0 Å². The van der Waals surface area contributed by atoms with Gasteiger partial charge in [-0.2, -0.15) is 4.31 Å². The van der Waals surface area contributed by atoms with Gasteiger partial charge in [0.15, 0.2) is 5.82 Å². The predicted molar refractivity (Wildman–Crippen MR) is 65.9 cm³/mol. The third kappa shape index (κ3) is 2.53. The van der Waals surface area contributed by atoms with Gasteiger partial charge in [0, 0.05) is 13.1 Å². The van der Waals surface area contributed by atoms with Crippen LogP contribution in [0.2, 0.25) is 0 Å². The molecule has 1 saturated heterocycles. The van der Waals surface area contributed by atoms with E-state index in [-0.39, 0.29) is 13.1 Å². The molecule has 2 rings (SSSR count). The first-order valence-corrected chi connectivity index (χ1v) is 7.51. The minimum Gasteiger partial charge on any atom is -0.477 e. The summed E-state index contributed by atoms with van der Waals surface area (Å²) < 4.78 is 52.9. The lowest BCUT2D eigenvalue weighted by Gasteiger charge is -2.26. The number of rotatable bonds is 3. The standard InChI is InChI=1S/C12H13F2NO4S/c13-8-4-5-9(11(14)10(8)12(16)17)20(18,19)15-6-2-1-3-7-15/h4-5H,1-3,6-7H2,(H,16,17). The fraction of sp³-hybridized carbons (Fsp3) is 0.417. The lowest BCUT2D eigenvalue weighted by atomic mass is 10.2. The first-order chi connectivity index (χ1) is 9.35. The normalized spacial score (nSPS) is 17.1. The van der Waals surface area contributed by atoms with E-state index in [0.29, 0.717) is 18.9 Å². The van der Waals surface area contributed by atoms with Gasteiger partial charge in [-0.1, -0.05) is 6.42 Å². The van der Waals surface area contributed by atoms with Gasteiger partial charge in [0.25, 0.3) is 0 Å². The zero-order valence-corrected chi connectivity index (χ0v) is 11.3. The second-order valence-corrected chi connectivity index (χ2v) is 6.41. The molecular weight excluding hydrogens is 292 g/mol. The summed E-state index contributed by atoms with van der Waals surface area (Å²) in [7, 11) is -4.14. The third-order valence-electron chi connectivity index (χ3n) is 3.20. The Morgan fingerprint density at radius 3 is 2.30 bits per heavy atom. The van der Waals surface area contributed by atoms with Gasteiger partial charge in [-0.05, 0) is 25.0 Å². The van der Waals surface area contributed by atoms with Crippen LogP contribution in [0.15, 0.2) is 17.0 Å². The number of hydrogen-bond donors (Lipinski definition) is 1. The summed E-state index contributed by atoms with van der Waals surface area (Å²) >= 11 is 0. The number of carbonyl (C=O) groups is 1. The monoisotopic (exact) mass is 305 g/mol. The van der Waals surface area contributed by atoms with Gasteiger partial charge < -0.3 is 5.11 Å². The Hall–Kier alpha value is -1.54. The number of nitrogens with zero attached hydrogens (tertiary/aromatic N) is 1. The van der Waals surface area contributed by atoms with Crippen molar-refractivity contribution in [2.24, 2.45) is 0 Å². The van der Waals surface area contributed by atoms with Crippen molar-refractivity contribution in [2.45, 2.75) is 24.2 Å². The Kier molecular flexibility index (Phi) is 4.05. The predicted octanol–water partition coefficient (Wildman–Crippen LogP) is 1.84. The van der Waals surface area contributed by atoms with Crippen LogP contribution in [0.1, 0.15) is 29.6 Å². The molecule has 0 radical (unpaired) electrons. The first-order valence-electron chi connectivity index (χ1n) is 6.07. The van der Waals surface area contributed by atoms with Crippen LogP contribution < -0.4 is 0 Å². The molecule has 8 heteroatoms. The van der Waals surface area contributed by atoms with E-state index in [4.69, 9.17) is 5.11 Å². The summed E-state index contributed by atoms with van der Waals surface area (Å²) in [6.07, 6.45) is 2.21. The molecule has 0 bridgehead atoms. The average Bonchev–Trinajstić information content (AvgIpc) is 2.39. The summed E-state index contributed by atoms with van der Waals surface area (Å²) in [5, 5.41) is 8.76. The zero-order chi connectivity index (χ0) is 14.9. The summed E-state index contributed by atoms with van der Waals surface area (Å²) in [6, 6.07) is 1.42. The maximum absolute atomic E-state index is 14.0. The molecular formula is C12H13F2NO4S. The smallest absolute Gasteiger partial charge is 0.341 e. The molecule has 1 heterocycles. The van der Waals surface area contributed by atoms with Gasteiger partial charge in [-0.15, -0.1) is 0 Å². The van der Waals surface area contributed by atoms with Crippen LogP contribution in [-0.2, 0) is 10.0 Å². The molecule has 0 aromatic heterocycles. The SMILES string of the molecule is O=C(O)c1c(F)ccc(S(=O)(=O)N2CCCCC2)c1F. The largest absolute Gasteiger partial charge is 0.477 e. The molecule has 0 saturated carbocycles. The van der Waals surface area contributed by atoms with Crippen molar-refractivity contribution < 1.29 is 27.1 Å². The van der Waals surface area contributed by atoms with Gasteiger partial charge in [0.05, 0.1) is 0 Å². The molecule has 0 amide bonds. The molecule has 1 aromatic rings. The summed E-state index contributed by atoms with van der Waals surface area (Å²) in [6.45, 7) is 0.503. The van der Waals surface area contributed by atoms with E-state index >= 15 is 0 Å². The van der Waals surface area contributed by atoms with Crippen LogP contribution in [0.3, 0.4) is 0 Å². The van der Waals surface area contributed by atoms with Crippen molar-refractivity contribution in [1.29, 1.82) is 0 Å². The van der Waals surface area contributed by atoms with Crippen molar-refractivity contribution in [2.75, 3.05) is 13.1 Å². The number of aromatic carboxylic acids is 1. The van der Waals surface area contributed by atoms with Gasteiger partial charge in [-0.25, -0.2) is 22.0 Å². The molecule has 110 valence electrons. The van der Waals surface area contributed by atoms with Crippen molar-refractivity contribution in [1.82, 2.24) is 4.31 Å². The molecule has 0 aliphatic carbocycles. The van der Waals surface area contributed by atoms with Crippen LogP contribution in [-0.4, -0.2) is 36.9 Å². The van der Waals surface area contributed by atoms with E-state index in [1.165, 1.54) is 0 Å². The number of hydrogen-bond acceptors (Lipinski definition) is 3. The molecule has 0 unspecified atom stereocenters. The van der Waals surface area contributed by atoms with Gasteiger partial charge in [0.2, 0.25) is 10.0 Å². The number of carboxylic acids is 1. The van der Waals surface area contributed by atoms with Gasteiger partial charge >= 0.3 is 5.97 Å². The Balaban J connectivity index is 2.52. The van der Waals surface area contributed by atoms with Crippen LogP contribution >= 0.6 is 0 Å². The Morgan fingerprint density at radius 2 is 1.75 bits per heavy atom. The quantitative estimate of drug-likeness (QED) is 0.924. The van der Waals surface area contributed by atoms with Crippen LogP contribution in [0.25, 0.3) is 0 Å². The van der Waals surface area contributed by atoms with Crippen molar-refractivity contribution in [3.8, 4) is 0 Å². The molecule has 1 aliphatic heterocycles. The van der Waals surface area contributed by atoms with Crippen LogP contribution in [0.5, 0.6) is 0 Å². The molecule has 1 aromatic carbocycles. The number of sulfonamides is 1.